The Bertz CT molecular complexity index is 406. The Hall–Kier alpha value is -1.39. The quantitative estimate of drug-likeness (QED) is 0.839. The lowest BCUT2D eigenvalue weighted by molar-refractivity contribution is 0.0734. The van der Waals surface area contributed by atoms with Gasteiger partial charge in [0.2, 0.25) is 0 Å². The van der Waals surface area contributed by atoms with Crippen LogP contribution in [0.2, 0.25) is 0 Å². The second kappa shape index (κ2) is 5.98. The van der Waals surface area contributed by atoms with Crippen molar-refractivity contribution in [2.75, 3.05) is 26.3 Å². The molecule has 1 fully saturated rings. The number of carbonyl (C=O) groups excluding carboxylic acids is 1. The van der Waals surface area contributed by atoms with Crippen molar-refractivity contribution in [2.45, 2.75) is 19.9 Å². The van der Waals surface area contributed by atoms with Gasteiger partial charge in [0.05, 0.1) is 13.2 Å². The molecule has 0 bridgehead atoms. The van der Waals surface area contributed by atoms with Crippen LogP contribution in [0.1, 0.15) is 21.5 Å². The lowest BCUT2D eigenvalue weighted by Crippen LogP contribution is -2.48. The Kier molecular flexibility index (Phi) is 4.33. The van der Waals surface area contributed by atoms with E-state index in [1.807, 2.05) is 26.0 Å². The first-order valence-corrected chi connectivity index (χ1v) is 6.33. The highest BCUT2D eigenvalue weighted by molar-refractivity contribution is 5.94. The molecule has 2 rings (SSSR count). The first-order chi connectivity index (χ1) is 8.65. The largest absolute Gasteiger partial charge is 0.378 e. The third kappa shape index (κ3) is 3.55. The molecule has 2 N–H and O–H groups in total. The van der Waals surface area contributed by atoms with E-state index in [2.05, 4.69) is 16.7 Å². The van der Waals surface area contributed by atoms with Crippen LogP contribution in [-0.2, 0) is 4.74 Å². The zero-order chi connectivity index (χ0) is 13.0. The number of benzene rings is 1. The molecular formula is C14H20N2O2. The van der Waals surface area contributed by atoms with Crippen LogP contribution in [-0.4, -0.2) is 38.3 Å². The number of nitrogens with one attached hydrogen (secondary N) is 2. The predicted molar refractivity (Wildman–Crippen MR) is 70.9 cm³/mol. The van der Waals surface area contributed by atoms with E-state index in [0.29, 0.717) is 13.2 Å². The molecule has 0 radical (unpaired) electrons. The minimum Gasteiger partial charge on any atom is -0.378 e. The summed E-state index contributed by atoms with van der Waals surface area (Å²) in [5.74, 6) is -0.0193. The van der Waals surface area contributed by atoms with Gasteiger partial charge in [0, 0.05) is 24.7 Å². The van der Waals surface area contributed by atoms with Crippen LogP contribution in [0.15, 0.2) is 18.2 Å². The van der Waals surface area contributed by atoms with E-state index >= 15 is 0 Å². The summed E-state index contributed by atoms with van der Waals surface area (Å²) in [4.78, 5) is 12.0. The van der Waals surface area contributed by atoms with E-state index < -0.39 is 0 Å². The summed E-state index contributed by atoms with van der Waals surface area (Å²) in [6.45, 7) is 6.87. The van der Waals surface area contributed by atoms with E-state index in [4.69, 9.17) is 4.74 Å². The van der Waals surface area contributed by atoms with Gasteiger partial charge in [-0.05, 0) is 26.0 Å². The van der Waals surface area contributed by atoms with Crippen LogP contribution in [0.5, 0.6) is 0 Å². The van der Waals surface area contributed by atoms with Crippen molar-refractivity contribution in [3.05, 3.63) is 34.9 Å². The Morgan fingerprint density at radius 3 is 2.72 bits per heavy atom. The zero-order valence-corrected chi connectivity index (χ0v) is 11.0. The molecule has 4 nitrogen and oxygen atoms in total. The first-order valence-electron chi connectivity index (χ1n) is 6.33. The number of morpholine rings is 1. The maximum absolute atomic E-state index is 12.0. The van der Waals surface area contributed by atoms with Gasteiger partial charge in [-0.3, -0.25) is 4.79 Å². The van der Waals surface area contributed by atoms with E-state index in [1.165, 1.54) is 0 Å². The topological polar surface area (TPSA) is 50.4 Å². The van der Waals surface area contributed by atoms with E-state index in [1.54, 1.807) is 0 Å². The molecule has 0 aliphatic carbocycles. The van der Waals surface area contributed by atoms with Gasteiger partial charge >= 0.3 is 0 Å². The average Bonchev–Trinajstić information content (AvgIpc) is 2.36. The van der Waals surface area contributed by atoms with Gasteiger partial charge in [-0.1, -0.05) is 17.2 Å². The van der Waals surface area contributed by atoms with Crippen molar-refractivity contribution in [3.63, 3.8) is 0 Å². The summed E-state index contributed by atoms with van der Waals surface area (Å²) in [6, 6.07) is 6.10. The van der Waals surface area contributed by atoms with Gasteiger partial charge in [0.1, 0.15) is 0 Å². The third-order valence-electron chi connectivity index (χ3n) is 2.99. The predicted octanol–water partition coefficient (Wildman–Crippen LogP) is 1.02. The fraction of sp³-hybridized carbons (Fsp3) is 0.500. The van der Waals surface area contributed by atoms with Gasteiger partial charge in [0.25, 0.3) is 5.91 Å². The highest BCUT2D eigenvalue weighted by Crippen LogP contribution is 2.08. The summed E-state index contributed by atoms with van der Waals surface area (Å²) in [5.41, 5.74) is 2.95. The number of hydrogen-bond acceptors (Lipinski definition) is 3. The molecular weight excluding hydrogens is 228 g/mol. The smallest absolute Gasteiger partial charge is 0.251 e. The molecule has 0 saturated carbocycles. The van der Waals surface area contributed by atoms with Gasteiger partial charge in [-0.15, -0.1) is 0 Å². The summed E-state index contributed by atoms with van der Waals surface area (Å²) in [5, 5.41) is 6.25. The maximum Gasteiger partial charge on any atom is 0.251 e. The Morgan fingerprint density at radius 2 is 2.11 bits per heavy atom. The minimum atomic E-state index is -0.0193. The molecule has 1 amide bonds. The van der Waals surface area contributed by atoms with Crippen molar-refractivity contribution >= 4 is 5.91 Å². The molecule has 1 aliphatic heterocycles. The molecule has 18 heavy (non-hydrogen) atoms. The van der Waals surface area contributed by atoms with Crippen molar-refractivity contribution in [2.24, 2.45) is 0 Å². The van der Waals surface area contributed by atoms with Crippen LogP contribution in [0.25, 0.3) is 0 Å². The van der Waals surface area contributed by atoms with Gasteiger partial charge < -0.3 is 15.4 Å². The highest BCUT2D eigenvalue weighted by Gasteiger charge is 2.14. The fourth-order valence-corrected chi connectivity index (χ4v) is 2.17. The molecule has 1 atom stereocenters. The monoisotopic (exact) mass is 248 g/mol. The first kappa shape index (κ1) is 13.1. The molecule has 0 aromatic heterocycles. The lowest BCUT2D eigenvalue weighted by atomic mass is 10.1. The van der Waals surface area contributed by atoms with Crippen molar-refractivity contribution < 1.29 is 9.53 Å². The second-order valence-corrected chi connectivity index (χ2v) is 4.81. The van der Waals surface area contributed by atoms with Crippen LogP contribution < -0.4 is 10.6 Å². The zero-order valence-electron chi connectivity index (χ0n) is 11.0. The Morgan fingerprint density at radius 1 is 1.39 bits per heavy atom. The summed E-state index contributed by atoms with van der Waals surface area (Å²) >= 11 is 0. The van der Waals surface area contributed by atoms with Crippen LogP contribution in [0.3, 0.4) is 0 Å². The Labute approximate surface area is 108 Å². The fourth-order valence-electron chi connectivity index (χ4n) is 2.17. The van der Waals surface area contributed by atoms with E-state index in [9.17, 15) is 4.79 Å². The van der Waals surface area contributed by atoms with E-state index in [0.717, 1.165) is 29.8 Å². The molecule has 1 unspecified atom stereocenters. The number of hydrogen-bond donors (Lipinski definition) is 2. The molecule has 98 valence electrons. The third-order valence-corrected chi connectivity index (χ3v) is 2.99. The lowest BCUT2D eigenvalue weighted by Gasteiger charge is -2.23. The van der Waals surface area contributed by atoms with Crippen molar-refractivity contribution in [3.8, 4) is 0 Å². The normalized spacial score (nSPS) is 19.6. The summed E-state index contributed by atoms with van der Waals surface area (Å²) < 4.78 is 5.34. The van der Waals surface area contributed by atoms with Gasteiger partial charge in [-0.25, -0.2) is 0 Å². The molecule has 1 aliphatic rings. The molecule has 1 aromatic carbocycles. The van der Waals surface area contributed by atoms with Gasteiger partial charge in [0.15, 0.2) is 0 Å². The minimum absolute atomic E-state index is 0.0193. The Balaban J connectivity index is 1.90. The van der Waals surface area contributed by atoms with Crippen LogP contribution >= 0.6 is 0 Å². The molecule has 1 saturated heterocycles. The van der Waals surface area contributed by atoms with Gasteiger partial charge in [-0.2, -0.15) is 0 Å². The summed E-state index contributed by atoms with van der Waals surface area (Å²) in [6.07, 6.45) is 0. The SMILES string of the molecule is Cc1cc(C)cc(C(=O)NCC2COCCN2)c1. The number of aryl methyl sites for hydroxylation is 2. The van der Waals surface area contributed by atoms with Crippen LogP contribution in [0, 0.1) is 13.8 Å². The van der Waals surface area contributed by atoms with Crippen molar-refractivity contribution in [1.29, 1.82) is 0 Å². The van der Waals surface area contributed by atoms with Crippen molar-refractivity contribution in [1.82, 2.24) is 10.6 Å². The maximum atomic E-state index is 12.0. The second-order valence-electron chi connectivity index (χ2n) is 4.81. The molecule has 0 spiro atoms. The highest BCUT2D eigenvalue weighted by atomic mass is 16.5. The number of rotatable bonds is 3. The summed E-state index contributed by atoms with van der Waals surface area (Å²) in [7, 11) is 0. The number of amides is 1. The number of carbonyl (C=O) groups is 1. The van der Waals surface area contributed by atoms with Crippen LogP contribution in [0.4, 0.5) is 0 Å². The molecule has 1 heterocycles. The standard InChI is InChI=1S/C14H20N2O2/c1-10-5-11(2)7-12(6-10)14(17)16-8-13-9-18-4-3-15-13/h5-7,13,15H,3-4,8-9H2,1-2H3,(H,16,17). The average molecular weight is 248 g/mol. The number of ether oxygens (including phenoxy) is 1. The molecule has 1 aromatic rings. The molecule has 4 heteroatoms. The van der Waals surface area contributed by atoms with E-state index in [-0.39, 0.29) is 11.9 Å².